The highest BCUT2D eigenvalue weighted by atomic mass is 16.7. The minimum absolute atomic E-state index is 0.241. The highest BCUT2D eigenvalue weighted by Gasteiger charge is 2.32. The zero-order valence-corrected chi connectivity index (χ0v) is 11.2. The molecular formula is C16H14N2O3. The van der Waals surface area contributed by atoms with Gasteiger partial charge < -0.3 is 14.6 Å². The molecule has 21 heavy (non-hydrogen) atoms. The maximum Gasteiger partial charge on any atom is 0.231 e. The van der Waals surface area contributed by atoms with Gasteiger partial charge in [0.05, 0.1) is 5.71 Å². The van der Waals surface area contributed by atoms with Crippen LogP contribution in [0.15, 0.2) is 53.6 Å². The van der Waals surface area contributed by atoms with Gasteiger partial charge in [-0.05, 0) is 17.7 Å². The predicted molar refractivity (Wildman–Crippen MR) is 77.4 cm³/mol. The number of aliphatic hydroxyl groups excluding tert-OH is 1. The number of hydrogen-bond donors (Lipinski definition) is 2. The minimum atomic E-state index is -0.701. The maximum atomic E-state index is 10.5. The second-order valence-corrected chi connectivity index (χ2v) is 5.03. The van der Waals surface area contributed by atoms with E-state index in [1.165, 1.54) is 0 Å². The van der Waals surface area contributed by atoms with E-state index in [1.54, 1.807) is 0 Å². The van der Waals surface area contributed by atoms with E-state index in [0.717, 1.165) is 16.9 Å². The first-order valence-electron chi connectivity index (χ1n) is 6.79. The van der Waals surface area contributed by atoms with Crippen LogP contribution in [0.3, 0.4) is 0 Å². The topological polar surface area (TPSA) is 63.1 Å². The van der Waals surface area contributed by atoms with Crippen LogP contribution < -0.4 is 14.9 Å². The number of nitrogens with one attached hydrogen (secondary N) is 1. The third-order valence-corrected chi connectivity index (χ3v) is 3.75. The van der Waals surface area contributed by atoms with Crippen molar-refractivity contribution in [1.29, 1.82) is 0 Å². The molecule has 2 aliphatic heterocycles. The standard InChI is InChI=1S/C16H14N2O3/c19-16-14(10-4-2-1-3-5-10)17-18-15(16)11-6-7-12-13(8-11)21-9-20-12/h1-8,15-16,18-19H,9H2. The van der Waals surface area contributed by atoms with Crippen molar-refractivity contribution in [2.24, 2.45) is 5.10 Å². The number of nitrogens with zero attached hydrogens (tertiary/aromatic N) is 1. The number of hydrogen-bond acceptors (Lipinski definition) is 5. The summed E-state index contributed by atoms with van der Waals surface area (Å²) in [6, 6.07) is 15.0. The van der Waals surface area contributed by atoms with Crippen molar-refractivity contribution in [3.8, 4) is 11.5 Å². The second-order valence-electron chi connectivity index (χ2n) is 5.03. The van der Waals surface area contributed by atoms with E-state index >= 15 is 0 Å². The fourth-order valence-corrected chi connectivity index (χ4v) is 2.64. The number of ether oxygens (including phenoxy) is 2. The van der Waals surface area contributed by atoms with Gasteiger partial charge in [0.25, 0.3) is 0 Å². The zero-order valence-electron chi connectivity index (χ0n) is 11.2. The van der Waals surface area contributed by atoms with Crippen LogP contribution in [0.1, 0.15) is 17.2 Å². The van der Waals surface area contributed by atoms with Crippen LogP contribution in [0.4, 0.5) is 0 Å². The number of hydrazone groups is 1. The largest absolute Gasteiger partial charge is 0.454 e. The molecular weight excluding hydrogens is 268 g/mol. The van der Waals surface area contributed by atoms with Gasteiger partial charge in [-0.25, -0.2) is 0 Å². The lowest BCUT2D eigenvalue weighted by Crippen LogP contribution is -2.27. The van der Waals surface area contributed by atoms with Crippen molar-refractivity contribution in [2.75, 3.05) is 6.79 Å². The lowest BCUT2D eigenvalue weighted by molar-refractivity contribution is 0.173. The van der Waals surface area contributed by atoms with E-state index in [0.29, 0.717) is 11.5 Å². The van der Waals surface area contributed by atoms with E-state index in [4.69, 9.17) is 9.47 Å². The smallest absolute Gasteiger partial charge is 0.231 e. The molecule has 0 amide bonds. The van der Waals surface area contributed by atoms with Gasteiger partial charge in [-0.15, -0.1) is 0 Å². The third-order valence-electron chi connectivity index (χ3n) is 3.75. The van der Waals surface area contributed by atoms with Crippen LogP contribution in [0, 0.1) is 0 Å². The first-order valence-corrected chi connectivity index (χ1v) is 6.79. The lowest BCUT2D eigenvalue weighted by atomic mass is 9.96. The normalized spacial score (nSPS) is 22.8. The molecule has 0 radical (unpaired) electrons. The molecule has 2 N–H and O–H groups in total. The Kier molecular flexibility index (Phi) is 2.79. The average Bonchev–Trinajstić information content (AvgIpc) is 3.13. The van der Waals surface area contributed by atoms with Gasteiger partial charge in [-0.2, -0.15) is 5.10 Å². The number of benzene rings is 2. The summed E-state index contributed by atoms with van der Waals surface area (Å²) in [5.41, 5.74) is 5.49. The number of fused-ring (bicyclic) bond motifs is 1. The highest BCUT2D eigenvalue weighted by molar-refractivity contribution is 6.05. The van der Waals surface area contributed by atoms with Gasteiger partial charge in [-0.3, -0.25) is 5.43 Å². The van der Waals surface area contributed by atoms with Crippen molar-refractivity contribution < 1.29 is 14.6 Å². The van der Waals surface area contributed by atoms with Crippen molar-refractivity contribution in [3.63, 3.8) is 0 Å². The molecule has 5 heteroatoms. The predicted octanol–water partition coefficient (Wildman–Crippen LogP) is 1.82. The summed E-state index contributed by atoms with van der Waals surface area (Å²) in [6.07, 6.45) is -0.701. The van der Waals surface area contributed by atoms with Gasteiger partial charge in [0.15, 0.2) is 11.5 Å². The summed E-state index contributed by atoms with van der Waals surface area (Å²) in [7, 11) is 0. The molecule has 0 saturated carbocycles. The molecule has 0 fully saturated rings. The fourth-order valence-electron chi connectivity index (χ4n) is 2.64. The Bertz CT molecular complexity index is 700. The zero-order chi connectivity index (χ0) is 14.2. The van der Waals surface area contributed by atoms with Crippen LogP contribution in [0.5, 0.6) is 11.5 Å². The van der Waals surface area contributed by atoms with Gasteiger partial charge in [0, 0.05) is 5.56 Å². The minimum Gasteiger partial charge on any atom is -0.454 e. The molecule has 0 bridgehead atoms. The molecule has 0 aliphatic carbocycles. The molecule has 2 unspecified atom stereocenters. The van der Waals surface area contributed by atoms with E-state index < -0.39 is 6.10 Å². The molecule has 0 aromatic heterocycles. The van der Waals surface area contributed by atoms with Crippen molar-refractivity contribution in [1.82, 2.24) is 5.43 Å². The Morgan fingerprint density at radius 1 is 1.05 bits per heavy atom. The average molecular weight is 282 g/mol. The Labute approximate surface area is 121 Å². The Balaban J connectivity index is 1.61. The number of rotatable bonds is 2. The van der Waals surface area contributed by atoms with Crippen LogP contribution in [-0.2, 0) is 0 Å². The van der Waals surface area contributed by atoms with Crippen LogP contribution in [0.2, 0.25) is 0 Å². The summed E-state index contributed by atoms with van der Waals surface area (Å²) < 4.78 is 10.7. The SMILES string of the molecule is OC1C(c2ccccc2)=NNC1c1ccc2c(c1)OCO2. The molecule has 0 spiro atoms. The molecule has 2 aromatic carbocycles. The van der Waals surface area contributed by atoms with Crippen molar-refractivity contribution >= 4 is 5.71 Å². The summed E-state index contributed by atoms with van der Waals surface area (Å²) >= 11 is 0. The summed E-state index contributed by atoms with van der Waals surface area (Å²) in [6.45, 7) is 0.241. The van der Waals surface area contributed by atoms with E-state index in [2.05, 4.69) is 10.5 Å². The lowest BCUT2D eigenvalue weighted by Gasteiger charge is -2.16. The first kappa shape index (κ1) is 12.2. The third kappa shape index (κ3) is 2.02. The van der Waals surface area contributed by atoms with Crippen LogP contribution in [0.25, 0.3) is 0 Å². The molecule has 2 heterocycles. The summed E-state index contributed by atoms with van der Waals surface area (Å²) in [5, 5.41) is 14.8. The van der Waals surface area contributed by atoms with Gasteiger partial charge in [0.2, 0.25) is 6.79 Å². The summed E-state index contributed by atoms with van der Waals surface area (Å²) in [4.78, 5) is 0. The Hall–Kier alpha value is -2.53. The van der Waals surface area contributed by atoms with Crippen LogP contribution in [-0.4, -0.2) is 23.7 Å². The van der Waals surface area contributed by atoms with E-state index in [1.807, 2.05) is 48.5 Å². The van der Waals surface area contributed by atoms with Gasteiger partial charge in [0.1, 0.15) is 12.1 Å². The van der Waals surface area contributed by atoms with E-state index in [9.17, 15) is 5.11 Å². The first-order chi connectivity index (χ1) is 10.3. The number of aliphatic hydroxyl groups is 1. The fraction of sp³-hybridized carbons (Fsp3) is 0.188. The molecule has 2 aliphatic rings. The van der Waals surface area contributed by atoms with Crippen molar-refractivity contribution in [3.05, 3.63) is 59.7 Å². The van der Waals surface area contributed by atoms with E-state index in [-0.39, 0.29) is 12.8 Å². The molecule has 2 aromatic rings. The Morgan fingerprint density at radius 2 is 1.86 bits per heavy atom. The molecule has 106 valence electrons. The quantitative estimate of drug-likeness (QED) is 0.882. The maximum absolute atomic E-state index is 10.5. The highest BCUT2D eigenvalue weighted by Crippen LogP contribution is 2.36. The van der Waals surface area contributed by atoms with Gasteiger partial charge in [-0.1, -0.05) is 36.4 Å². The molecule has 5 nitrogen and oxygen atoms in total. The molecule has 4 rings (SSSR count). The molecule has 2 atom stereocenters. The van der Waals surface area contributed by atoms with Gasteiger partial charge >= 0.3 is 0 Å². The van der Waals surface area contributed by atoms with Crippen molar-refractivity contribution in [2.45, 2.75) is 12.1 Å². The second kappa shape index (κ2) is 4.79. The van der Waals surface area contributed by atoms with Crippen LogP contribution >= 0.6 is 0 Å². The monoisotopic (exact) mass is 282 g/mol. The Morgan fingerprint density at radius 3 is 2.71 bits per heavy atom. The summed E-state index contributed by atoms with van der Waals surface area (Å²) in [5.74, 6) is 1.44. The molecule has 0 saturated heterocycles.